The summed E-state index contributed by atoms with van der Waals surface area (Å²) in [6.07, 6.45) is 1.17. The van der Waals surface area contributed by atoms with Crippen LogP contribution in [0.25, 0.3) is 0 Å². The summed E-state index contributed by atoms with van der Waals surface area (Å²) < 4.78 is 24.5. The predicted molar refractivity (Wildman–Crippen MR) is 118 cm³/mol. The van der Waals surface area contributed by atoms with Crippen LogP contribution in [-0.2, 0) is 11.2 Å². The molecule has 3 atom stereocenters. The van der Waals surface area contributed by atoms with Crippen molar-refractivity contribution < 1.29 is 28.6 Å². The Morgan fingerprint density at radius 1 is 1.19 bits per heavy atom. The van der Waals surface area contributed by atoms with Gasteiger partial charge in [0.2, 0.25) is 0 Å². The standard InChI is InChI=1S/C24H29FN2O5/c1-5-14(2)21(23(28)29)26-24(30)27-11-10-16-12-19(31-3)20(32-4)13-18(16)22(27)15-6-8-17(25)9-7-15/h6-9,12-14,21-22H,5,10-11H2,1-4H3,(H,26,30)(H,28,29)/t14?,21-,22?/m1/s1. The zero-order valence-corrected chi connectivity index (χ0v) is 18.7. The number of rotatable bonds is 7. The van der Waals surface area contributed by atoms with Crippen LogP contribution in [0.5, 0.6) is 11.5 Å². The van der Waals surface area contributed by atoms with Crippen LogP contribution >= 0.6 is 0 Å². The van der Waals surface area contributed by atoms with Gasteiger partial charge in [0.15, 0.2) is 11.5 Å². The van der Waals surface area contributed by atoms with Gasteiger partial charge in [0, 0.05) is 6.54 Å². The van der Waals surface area contributed by atoms with Crippen LogP contribution in [0.15, 0.2) is 36.4 Å². The monoisotopic (exact) mass is 444 g/mol. The van der Waals surface area contributed by atoms with Gasteiger partial charge in [-0.1, -0.05) is 32.4 Å². The molecule has 0 spiro atoms. The average Bonchev–Trinajstić information content (AvgIpc) is 2.80. The Morgan fingerprint density at radius 3 is 2.38 bits per heavy atom. The minimum atomic E-state index is -1.07. The van der Waals surface area contributed by atoms with Gasteiger partial charge in [0.1, 0.15) is 11.9 Å². The first kappa shape index (κ1) is 23.4. The lowest BCUT2D eigenvalue weighted by atomic mass is 9.87. The normalized spacial score (nSPS) is 17.2. The van der Waals surface area contributed by atoms with Gasteiger partial charge in [0.05, 0.1) is 20.3 Å². The lowest BCUT2D eigenvalue weighted by molar-refractivity contribution is -0.140. The third kappa shape index (κ3) is 4.64. The molecule has 0 fully saturated rings. The molecule has 2 N–H and O–H groups in total. The topological polar surface area (TPSA) is 88.1 Å². The average molecular weight is 445 g/mol. The highest BCUT2D eigenvalue weighted by atomic mass is 19.1. The van der Waals surface area contributed by atoms with E-state index in [0.717, 1.165) is 11.1 Å². The molecule has 1 aliphatic rings. The first-order valence-corrected chi connectivity index (χ1v) is 10.6. The number of halogens is 1. The number of nitrogens with one attached hydrogen (secondary N) is 1. The maximum atomic E-state index is 13.6. The number of carboxylic acid groups (broad SMARTS) is 1. The van der Waals surface area contributed by atoms with Crippen molar-refractivity contribution in [2.24, 2.45) is 5.92 Å². The van der Waals surface area contributed by atoms with Crippen LogP contribution in [-0.4, -0.2) is 48.8 Å². The molecule has 7 nitrogen and oxygen atoms in total. The number of fused-ring (bicyclic) bond motifs is 1. The molecule has 3 rings (SSSR count). The zero-order valence-electron chi connectivity index (χ0n) is 18.7. The van der Waals surface area contributed by atoms with Crippen LogP contribution in [0.1, 0.15) is 43.0 Å². The van der Waals surface area contributed by atoms with Gasteiger partial charge in [-0.25, -0.2) is 14.0 Å². The fraction of sp³-hybridized carbons (Fsp3) is 0.417. The second-order valence-corrected chi connectivity index (χ2v) is 7.95. The van der Waals surface area contributed by atoms with Gasteiger partial charge in [-0.05, 0) is 53.3 Å². The van der Waals surface area contributed by atoms with E-state index in [1.807, 2.05) is 19.1 Å². The number of carbonyl (C=O) groups is 2. The number of methoxy groups -OCH3 is 2. The number of carbonyl (C=O) groups excluding carboxylic acids is 1. The van der Waals surface area contributed by atoms with Crippen molar-refractivity contribution in [3.63, 3.8) is 0 Å². The Hall–Kier alpha value is -3.29. The lowest BCUT2D eigenvalue weighted by Gasteiger charge is -2.39. The molecule has 172 valence electrons. The summed E-state index contributed by atoms with van der Waals surface area (Å²) in [5.74, 6) is -0.582. The van der Waals surface area contributed by atoms with Crippen LogP contribution in [0, 0.1) is 11.7 Å². The summed E-state index contributed by atoms with van der Waals surface area (Å²) in [7, 11) is 3.10. The fourth-order valence-electron chi connectivity index (χ4n) is 4.07. The van der Waals surface area contributed by atoms with Crippen LogP contribution < -0.4 is 14.8 Å². The smallest absolute Gasteiger partial charge is 0.326 e. The van der Waals surface area contributed by atoms with Gasteiger partial charge in [0.25, 0.3) is 0 Å². The Bertz CT molecular complexity index is 979. The molecule has 0 aliphatic carbocycles. The zero-order chi connectivity index (χ0) is 23.4. The Labute approximate surface area is 187 Å². The highest BCUT2D eigenvalue weighted by Gasteiger charge is 2.36. The van der Waals surface area contributed by atoms with Crippen molar-refractivity contribution in [2.75, 3.05) is 20.8 Å². The van der Waals surface area contributed by atoms with Crippen LogP contribution in [0.3, 0.4) is 0 Å². The van der Waals surface area contributed by atoms with Gasteiger partial charge in [-0.3, -0.25) is 0 Å². The van der Waals surface area contributed by atoms with Crippen molar-refractivity contribution in [1.82, 2.24) is 10.2 Å². The van der Waals surface area contributed by atoms with E-state index in [1.165, 1.54) is 19.2 Å². The third-order valence-corrected chi connectivity index (χ3v) is 6.08. The van der Waals surface area contributed by atoms with Crippen molar-refractivity contribution in [3.8, 4) is 11.5 Å². The molecule has 0 saturated carbocycles. The number of amides is 2. The number of hydrogen-bond donors (Lipinski definition) is 2. The van der Waals surface area contributed by atoms with Gasteiger partial charge in [-0.2, -0.15) is 0 Å². The van der Waals surface area contributed by atoms with Crippen molar-refractivity contribution in [1.29, 1.82) is 0 Å². The summed E-state index contributed by atoms with van der Waals surface area (Å²) in [4.78, 5) is 26.6. The maximum absolute atomic E-state index is 13.6. The van der Waals surface area contributed by atoms with E-state index in [9.17, 15) is 19.1 Å². The van der Waals surface area contributed by atoms with Crippen LogP contribution in [0.4, 0.5) is 9.18 Å². The minimum Gasteiger partial charge on any atom is -0.493 e. The van der Waals surface area contributed by atoms with Crippen LogP contribution in [0.2, 0.25) is 0 Å². The molecule has 32 heavy (non-hydrogen) atoms. The lowest BCUT2D eigenvalue weighted by Crippen LogP contribution is -2.53. The van der Waals surface area contributed by atoms with E-state index in [4.69, 9.17) is 9.47 Å². The summed E-state index contributed by atoms with van der Waals surface area (Å²) in [5.41, 5.74) is 2.52. The third-order valence-electron chi connectivity index (χ3n) is 6.08. The van der Waals surface area contributed by atoms with Gasteiger partial charge < -0.3 is 24.8 Å². The summed E-state index contributed by atoms with van der Waals surface area (Å²) in [5, 5.41) is 12.3. The highest BCUT2D eigenvalue weighted by molar-refractivity contribution is 5.83. The SMILES string of the molecule is CCC(C)[C@@H](NC(=O)N1CCc2cc(OC)c(OC)cc2C1c1ccc(F)cc1)C(=O)O. The van der Waals surface area contributed by atoms with Crippen molar-refractivity contribution in [2.45, 2.75) is 38.8 Å². The number of nitrogens with zero attached hydrogens (tertiary/aromatic N) is 1. The van der Waals surface area contributed by atoms with Crippen molar-refractivity contribution >= 4 is 12.0 Å². The van der Waals surface area contributed by atoms with Crippen molar-refractivity contribution in [3.05, 3.63) is 58.9 Å². The second kappa shape index (κ2) is 9.89. The largest absolute Gasteiger partial charge is 0.493 e. The fourth-order valence-corrected chi connectivity index (χ4v) is 4.07. The first-order valence-electron chi connectivity index (χ1n) is 10.6. The summed E-state index contributed by atoms with van der Waals surface area (Å²) in [6.45, 7) is 4.03. The molecule has 0 bridgehead atoms. The second-order valence-electron chi connectivity index (χ2n) is 7.95. The van der Waals surface area contributed by atoms with E-state index < -0.39 is 24.1 Å². The molecule has 2 unspecified atom stereocenters. The summed E-state index contributed by atoms with van der Waals surface area (Å²) in [6, 6.07) is 7.65. The summed E-state index contributed by atoms with van der Waals surface area (Å²) >= 11 is 0. The number of aliphatic carboxylic acids is 1. The van der Waals surface area contributed by atoms with E-state index in [-0.39, 0.29) is 11.7 Å². The predicted octanol–water partition coefficient (Wildman–Crippen LogP) is 4.00. The molecule has 1 heterocycles. The van der Waals surface area contributed by atoms with E-state index in [0.29, 0.717) is 36.4 Å². The Balaban J connectivity index is 2.05. The van der Waals surface area contributed by atoms with Gasteiger partial charge in [-0.15, -0.1) is 0 Å². The molecular formula is C24H29FN2O5. The Kier molecular flexibility index (Phi) is 7.22. The molecule has 2 aromatic rings. The first-order chi connectivity index (χ1) is 15.3. The molecule has 0 aromatic heterocycles. The quantitative estimate of drug-likeness (QED) is 0.674. The Morgan fingerprint density at radius 2 is 1.81 bits per heavy atom. The molecule has 2 amide bonds. The number of ether oxygens (including phenoxy) is 2. The molecule has 0 saturated heterocycles. The van der Waals surface area contributed by atoms with E-state index in [1.54, 1.807) is 31.1 Å². The molecule has 8 heteroatoms. The number of urea groups is 1. The van der Waals surface area contributed by atoms with E-state index >= 15 is 0 Å². The molecule has 2 aromatic carbocycles. The maximum Gasteiger partial charge on any atom is 0.326 e. The van der Waals surface area contributed by atoms with E-state index in [2.05, 4.69) is 5.32 Å². The minimum absolute atomic E-state index is 0.234. The molecule has 1 aliphatic heterocycles. The number of carboxylic acids is 1. The number of benzene rings is 2. The molecule has 0 radical (unpaired) electrons. The molecular weight excluding hydrogens is 415 g/mol. The van der Waals surface area contributed by atoms with Gasteiger partial charge >= 0.3 is 12.0 Å². The number of hydrogen-bond acceptors (Lipinski definition) is 4. The highest BCUT2D eigenvalue weighted by Crippen LogP contribution is 2.41.